The Balaban J connectivity index is 0.00000240. The van der Waals surface area contributed by atoms with E-state index in [0.717, 1.165) is 41.7 Å². The van der Waals surface area contributed by atoms with E-state index in [4.69, 9.17) is 5.41 Å². The molecule has 29 heavy (non-hydrogen) atoms. The highest BCUT2D eigenvalue weighted by Gasteiger charge is 2.16. The van der Waals surface area contributed by atoms with Crippen molar-refractivity contribution in [3.63, 3.8) is 0 Å². The fourth-order valence-corrected chi connectivity index (χ4v) is 4.24. The van der Waals surface area contributed by atoms with E-state index in [1.807, 2.05) is 57.7 Å². The number of benzene rings is 2. The number of fused-ring (bicyclic) bond motifs is 1. The molecule has 0 bridgehead atoms. The molecular weight excluding hydrogens is 496 g/mol. The lowest BCUT2D eigenvalue weighted by Gasteiger charge is -2.26. The van der Waals surface area contributed by atoms with Crippen molar-refractivity contribution in [3.05, 3.63) is 64.2 Å². The molecule has 0 saturated carbocycles. The van der Waals surface area contributed by atoms with Gasteiger partial charge >= 0.3 is 0 Å². The second-order valence-electron chi connectivity index (χ2n) is 7.38. The number of carbonyl (C=O) groups excluding carboxylic acids is 1. The van der Waals surface area contributed by atoms with E-state index >= 15 is 0 Å². The normalized spacial score (nSPS) is 14.7. The topological polar surface area (TPSA) is 54.0 Å². The van der Waals surface area contributed by atoms with Gasteiger partial charge in [0.25, 0.3) is 0 Å². The van der Waals surface area contributed by atoms with Crippen LogP contribution in [-0.4, -0.2) is 39.5 Å². The number of imidazole rings is 1. The van der Waals surface area contributed by atoms with Crippen LogP contribution < -0.4 is 5.62 Å². The van der Waals surface area contributed by atoms with E-state index in [0.29, 0.717) is 11.2 Å². The average Bonchev–Trinajstić information content (AvgIpc) is 2.99. The number of nitrogens with one attached hydrogen (secondary N) is 1. The minimum Gasteiger partial charge on any atom is -0.309 e. The smallest absolute Gasteiger partial charge is 0.203 e. The summed E-state index contributed by atoms with van der Waals surface area (Å²) in [7, 11) is 0. The highest BCUT2D eigenvalue weighted by Crippen LogP contribution is 2.16. The van der Waals surface area contributed by atoms with Crippen LogP contribution in [0.5, 0.6) is 0 Å². The molecule has 4 rings (SSSR count). The minimum absolute atomic E-state index is 0. The van der Waals surface area contributed by atoms with Gasteiger partial charge in [0.05, 0.1) is 17.6 Å². The molecule has 0 aliphatic carbocycles. The largest absolute Gasteiger partial charge is 0.309 e. The number of ketones is 1. The number of para-hydroxylation sites is 2. The zero-order valence-corrected chi connectivity index (χ0v) is 19.6. The van der Waals surface area contributed by atoms with Gasteiger partial charge in [-0.15, -0.1) is 17.0 Å². The van der Waals surface area contributed by atoms with Crippen LogP contribution in [-0.2, 0) is 13.1 Å². The third kappa shape index (κ3) is 4.90. The number of halogens is 2. The number of likely N-dealkylation sites (tertiary alicyclic amines) is 1. The van der Waals surface area contributed by atoms with Crippen molar-refractivity contribution in [1.29, 1.82) is 5.41 Å². The standard InChI is InChI=1S/C22H25BrN4O.BrH/c23-18-10-8-17(9-11-18)21(28)16-27-20-7-3-2-6-19(20)26(22(27)24)15-14-25-12-4-1-5-13-25;/h2-3,6-11,24H,1,4-5,12-16H2;1H. The summed E-state index contributed by atoms with van der Waals surface area (Å²) in [5.41, 5.74) is 3.02. The molecule has 0 spiro atoms. The molecule has 1 aromatic heterocycles. The van der Waals surface area contributed by atoms with Crippen molar-refractivity contribution in [2.75, 3.05) is 19.6 Å². The van der Waals surface area contributed by atoms with Crippen LogP contribution >= 0.6 is 32.9 Å². The van der Waals surface area contributed by atoms with Gasteiger partial charge in [0, 0.05) is 23.1 Å². The van der Waals surface area contributed by atoms with E-state index in [9.17, 15) is 4.79 Å². The van der Waals surface area contributed by atoms with Crippen LogP contribution in [0.2, 0.25) is 0 Å². The zero-order valence-electron chi connectivity index (χ0n) is 16.3. The Hall–Kier alpha value is -1.70. The maximum Gasteiger partial charge on any atom is 0.203 e. The average molecular weight is 522 g/mol. The quantitative estimate of drug-likeness (QED) is 0.481. The molecule has 1 N–H and O–H groups in total. The molecular formula is C22H26Br2N4O. The predicted molar refractivity (Wildman–Crippen MR) is 125 cm³/mol. The Morgan fingerprint density at radius 2 is 1.52 bits per heavy atom. The highest BCUT2D eigenvalue weighted by molar-refractivity contribution is 9.10. The van der Waals surface area contributed by atoms with E-state index in [1.54, 1.807) is 0 Å². The summed E-state index contributed by atoms with van der Waals surface area (Å²) in [4.78, 5) is 15.3. The van der Waals surface area contributed by atoms with Crippen molar-refractivity contribution >= 4 is 49.7 Å². The van der Waals surface area contributed by atoms with Crippen molar-refractivity contribution in [2.45, 2.75) is 32.4 Å². The summed E-state index contributed by atoms with van der Waals surface area (Å²) in [5.74, 6) is 0.0185. The fourth-order valence-electron chi connectivity index (χ4n) is 3.98. The van der Waals surface area contributed by atoms with Crippen molar-refractivity contribution < 1.29 is 4.79 Å². The van der Waals surface area contributed by atoms with Crippen molar-refractivity contribution in [2.24, 2.45) is 0 Å². The van der Waals surface area contributed by atoms with Crippen LogP contribution in [0, 0.1) is 5.41 Å². The second kappa shape index (κ2) is 9.87. The number of carbonyl (C=O) groups is 1. The second-order valence-corrected chi connectivity index (χ2v) is 8.30. The van der Waals surface area contributed by atoms with E-state index in [-0.39, 0.29) is 29.3 Å². The van der Waals surface area contributed by atoms with E-state index < -0.39 is 0 Å². The molecule has 1 aliphatic heterocycles. The molecule has 0 unspecified atom stereocenters. The Kier molecular flexibility index (Phi) is 7.49. The molecule has 3 aromatic rings. The Labute approximate surface area is 189 Å². The summed E-state index contributed by atoms with van der Waals surface area (Å²) in [6.07, 6.45) is 3.86. The van der Waals surface area contributed by atoms with Crippen LogP contribution in [0.3, 0.4) is 0 Å². The summed E-state index contributed by atoms with van der Waals surface area (Å²) in [5, 5.41) is 8.73. The lowest BCUT2D eigenvalue weighted by molar-refractivity contribution is 0.0971. The first kappa shape index (κ1) is 22.0. The van der Waals surface area contributed by atoms with Gasteiger partial charge in [-0.3, -0.25) is 10.2 Å². The highest BCUT2D eigenvalue weighted by atomic mass is 79.9. The van der Waals surface area contributed by atoms with Crippen LogP contribution in [0.4, 0.5) is 0 Å². The summed E-state index contributed by atoms with van der Waals surface area (Å²) < 4.78 is 4.82. The van der Waals surface area contributed by atoms with Crippen LogP contribution in [0.15, 0.2) is 53.0 Å². The molecule has 5 nitrogen and oxygen atoms in total. The predicted octanol–water partition coefficient (Wildman–Crippen LogP) is 4.63. The van der Waals surface area contributed by atoms with E-state index in [2.05, 4.69) is 20.8 Å². The molecule has 7 heteroatoms. The Bertz CT molecular complexity index is 1030. The number of rotatable bonds is 6. The van der Waals surface area contributed by atoms with Gasteiger partial charge < -0.3 is 14.0 Å². The third-order valence-corrected chi connectivity index (χ3v) is 6.06. The lowest BCUT2D eigenvalue weighted by Crippen LogP contribution is -2.35. The maximum atomic E-state index is 12.8. The molecule has 2 aromatic carbocycles. The first-order valence-electron chi connectivity index (χ1n) is 9.87. The summed E-state index contributed by atoms with van der Waals surface area (Å²) >= 11 is 3.41. The number of hydrogen-bond acceptors (Lipinski definition) is 3. The number of hydrogen-bond donors (Lipinski definition) is 1. The Morgan fingerprint density at radius 1 is 0.897 bits per heavy atom. The molecule has 2 heterocycles. The lowest BCUT2D eigenvalue weighted by atomic mass is 10.1. The molecule has 0 atom stereocenters. The summed E-state index contributed by atoms with van der Waals surface area (Å²) in [6.45, 7) is 4.20. The molecule has 1 saturated heterocycles. The van der Waals surface area contributed by atoms with Gasteiger partial charge in [-0.2, -0.15) is 0 Å². The minimum atomic E-state index is 0. The van der Waals surface area contributed by atoms with Gasteiger partial charge in [-0.1, -0.05) is 46.6 Å². The Morgan fingerprint density at radius 3 is 2.17 bits per heavy atom. The van der Waals surface area contributed by atoms with Gasteiger partial charge in [-0.05, 0) is 50.2 Å². The van der Waals surface area contributed by atoms with Gasteiger partial charge in [-0.25, -0.2) is 0 Å². The molecule has 1 aliphatic rings. The number of nitrogens with zero attached hydrogens (tertiary/aromatic N) is 3. The first-order valence-corrected chi connectivity index (χ1v) is 10.7. The zero-order chi connectivity index (χ0) is 19.5. The number of piperidine rings is 1. The third-order valence-electron chi connectivity index (χ3n) is 5.53. The van der Waals surface area contributed by atoms with Crippen molar-refractivity contribution in [1.82, 2.24) is 14.0 Å². The molecule has 154 valence electrons. The first-order chi connectivity index (χ1) is 13.6. The molecule has 1 fully saturated rings. The van der Waals surface area contributed by atoms with E-state index in [1.165, 1.54) is 19.3 Å². The fraction of sp³-hybridized carbons (Fsp3) is 0.364. The SMILES string of the molecule is Br.N=c1n(CCN2CCCCC2)c2ccccc2n1CC(=O)c1ccc(Br)cc1. The monoisotopic (exact) mass is 520 g/mol. The molecule has 0 radical (unpaired) electrons. The van der Waals surface area contributed by atoms with Gasteiger partial charge in [0.1, 0.15) is 0 Å². The van der Waals surface area contributed by atoms with Crippen molar-refractivity contribution in [3.8, 4) is 0 Å². The van der Waals surface area contributed by atoms with Crippen LogP contribution in [0.1, 0.15) is 29.6 Å². The van der Waals surface area contributed by atoms with Gasteiger partial charge in [0.15, 0.2) is 5.78 Å². The number of aromatic nitrogens is 2. The molecule has 0 amide bonds. The van der Waals surface area contributed by atoms with Crippen LogP contribution in [0.25, 0.3) is 11.0 Å². The number of Topliss-reactive ketones (excluding diaryl/α,β-unsaturated/α-hetero) is 1. The van der Waals surface area contributed by atoms with Gasteiger partial charge in [0.2, 0.25) is 5.62 Å². The summed E-state index contributed by atoms with van der Waals surface area (Å²) in [6, 6.07) is 15.4. The maximum absolute atomic E-state index is 12.8.